The van der Waals surface area contributed by atoms with Gasteiger partial charge in [0.1, 0.15) is 0 Å². The Morgan fingerprint density at radius 3 is 2.34 bits per heavy atom. The standard InChI is InChI=1S/C20H20BrN3O3S2/c1-20(2,3)16-9-4-13(12-17(16)21)18(25)23-14-5-7-15(8-6-14)29(26,27)24-19-22-10-11-28-19/h4-12H,1-3H3,(H,22,24)(H,23,25). The van der Waals surface area contributed by atoms with Crippen LogP contribution >= 0.6 is 27.3 Å². The van der Waals surface area contributed by atoms with Crippen LogP contribution in [0.1, 0.15) is 36.7 Å². The summed E-state index contributed by atoms with van der Waals surface area (Å²) in [6.07, 6.45) is 1.52. The largest absolute Gasteiger partial charge is 0.322 e. The monoisotopic (exact) mass is 493 g/mol. The Bertz CT molecular complexity index is 1120. The third-order valence-electron chi connectivity index (χ3n) is 4.12. The number of amides is 1. The second-order valence-electron chi connectivity index (χ2n) is 7.37. The molecule has 29 heavy (non-hydrogen) atoms. The third kappa shape index (κ3) is 5.23. The molecule has 9 heteroatoms. The Kier molecular flexibility index (Phi) is 6.11. The van der Waals surface area contributed by atoms with Crippen molar-refractivity contribution in [1.29, 1.82) is 0 Å². The van der Waals surface area contributed by atoms with Gasteiger partial charge < -0.3 is 5.32 Å². The zero-order valence-electron chi connectivity index (χ0n) is 16.1. The minimum atomic E-state index is -3.73. The molecule has 0 saturated heterocycles. The van der Waals surface area contributed by atoms with Gasteiger partial charge in [-0.3, -0.25) is 9.52 Å². The number of carbonyl (C=O) groups excluding carboxylic acids is 1. The van der Waals surface area contributed by atoms with E-state index in [-0.39, 0.29) is 16.2 Å². The van der Waals surface area contributed by atoms with Crippen LogP contribution in [0.4, 0.5) is 10.8 Å². The molecule has 6 nitrogen and oxygen atoms in total. The number of benzene rings is 2. The summed E-state index contributed by atoms with van der Waals surface area (Å²) in [6.45, 7) is 6.31. The number of thiazole rings is 1. The Morgan fingerprint density at radius 1 is 1.10 bits per heavy atom. The van der Waals surface area contributed by atoms with Gasteiger partial charge >= 0.3 is 0 Å². The lowest BCUT2D eigenvalue weighted by Crippen LogP contribution is -2.15. The van der Waals surface area contributed by atoms with Crippen molar-refractivity contribution >= 4 is 54.0 Å². The van der Waals surface area contributed by atoms with E-state index in [0.717, 1.165) is 10.0 Å². The van der Waals surface area contributed by atoms with E-state index in [1.54, 1.807) is 29.6 Å². The first-order valence-electron chi connectivity index (χ1n) is 8.70. The lowest BCUT2D eigenvalue weighted by atomic mass is 9.86. The molecule has 0 aliphatic rings. The average Bonchev–Trinajstić information content (AvgIpc) is 3.13. The number of anilines is 2. The number of rotatable bonds is 5. The third-order valence-corrected chi connectivity index (χ3v) is 6.94. The van der Waals surface area contributed by atoms with Crippen molar-refractivity contribution in [2.24, 2.45) is 0 Å². The highest BCUT2D eigenvalue weighted by atomic mass is 79.9. The summed E-state index contributed by atoms with van der Waals surface area (Å²) in [5.41, 5.74) is 2.07. The van der Waals surface area contributed by atoms with E-state index in [0.29, 0.717) is 16.4 Å². The quantitative estimate of drug-likeness (QED) is 0.507. The summed E-state index contributed by atoms with van der Waals surface area (Å²) in [5.74, 6) is -0.275. The van der Waals surface area contributed by atoms with Crippen molar-refractivity contribution in [2.45, 2.75) is 31.1 Å². The fourth-order valence-electron chi connectivity index (χ4n) is 2.63. The minimum absolute atomic E-state index is 0.0399. The summed E-state index contributed by atoms with van der Waals surface area (Å²) < 4.78 is 28.0. The van der Waals surface area contributed by atoms with Gasteiger partial charge in [-0.25, -0.2) is 13.4 Å². The lowest BCUT2D eigenvalue weighted by molar-refractivity contribution is 0.102. The second kappa shape index (κ2) is 8.25. The van der Waals surface area contributed by atoms with E-state index in [2.05, 4.69) is 51.7 Å². The Labute approximate surface area is 182 Å². The minimum Gasteiger partial charge on any atom is -0.322 e. The SMILES string of the molecule is CC(C)(C)c1ccc(C(=O)Nc2ccc(S(=O)(=O)Nc3nccs3)cc2)cc1Br. The maximum Gasteiger partial charge on any atom is 0.263 e. The van der Waals surface area contributed by atoms with Gasteiger partial charge in [-0.15, -0.1) is 11.3 Å². The lowest BCUT2D eigenvalue weighted by Gasteiger charge is -2.21. The Balaban J connectivity index is 1.73. The van der Waals surface area contributed by atoms with Gasteiger partial charge in [0.2, 0.25) is 0 Å². The second-order valence-corrected chi connectivity index (χ2v) is 10.8. The molecule has 2 N–H and O–H groups in total. The highest BCUT2D eigenvalue weighted by Crippen LogP contribution is 2.30. The zero-order chi connectivity index (χ0) is 21.2. The first-order valence-corrected chi connectivity index (χ1v) is 11.9. The van der Waals surface area contributed by atoms with Crippen molar-refractivity contribution in [3.05, 3.63) is 69.6 Å². The first kappa shape index (κ1) is 21.5. The molecule has 3 aromatic rings. The number of nitrogens with zero attached hydrogens (tertiary/aromatic N) is 1. The molecule has 0 radical (unpaired) electrons. The summed E-state index contributed by atoms with van der Waals surface area (Å²) in [6, 6.07) is 11.5. The van der Waals surface area contributed by atoms with Crippen molar-refractivity contribution in [1.82, 2.24) is 4.98 Å². The summed E-state index contributed by atoms with van der Waals surface area (Å²) >= 11 is 4.73. The number of hydrogen-bond donors (Lipinski definition) is 2. The molecule has 0 saturated carbocycles. The van der Waals surface area contributed by atoms with E-state index in [1.165, 1.54) is 29.7 Å². The van der Waals surface area contributed by atoms with Crippen LogP contribution in [0.15, 0.2) is 63.4 Å². The molecule has 3 rings (SSSR count). The number of carbonyl (C=O) groups is 1. The molecule has 0 fully saturated rings. The number of sulfonamides is 1. The molecule has 0 bridgehead atoms. The highest BCUT2D eigenvalue weighted by Gasteiger charge is 2.19. The molecule has 152 valence electrons. The van der Waals surface area contributed by atoms with Gasteiger partial charge in [0.25, 0.3) is 15.9 Å². The maximum atomic E-state index is 12.6. The number of nitrogens with one attached hydrogen (secondary N) is 2. The van der Waals surface area contributed by atoms with E-state index >= 15 is 0 Å². The fraction of sp³-hybridized carbons (Fsp3) is 0.200. The predicted octanol–water partition coefficient (Wildman–Crippen LogP) is 5.26. The number of aromatic nitrogens is 1. The number of halogens is 1. The normalized spacial score (nSPS) is 11.9. The van der Waals surface area contributed by atoms with Crippen LogP contribution in [-0.4, -0.2) is 19.3 Å². The van der Waals surface area contributed by atoms with Crippen molar-refractivity contribution in [3.63, 3.8) is 0 Å². The van der Waals surface area contributed by atoms with Gasteiger partial charge in [0.05, 0.1) is 4.90 Å². The van der Waals surface area contributed by atoms with Crippen LogP contribution in [0.2, 0.25) is 0 Å². The molecule has 1 aromatic heterocycles. The summed E-state index contributed by atoms with van der Waals surface area (Å²) in [5, 5.41) is 4.76. The van der Waals surface area contributed by atoms with E-state index < -0.39 is 10.0 Å². The van der Waals surface area contributed by atoms with Crippen LogP contribution in [0.5, 0.6) is 0 Å². The molecule has 0 spiro atoms. The smallest absolute Gasteiger partial charge is 0.263 e. The fourth-order valence-corrected chi connectivity index (χ4v) is 5.40. The van der Waals surface area contributed by atoms with Crippen molar-refractivity contribution in [3.8, 4) is 0 Å². The van der Waals surface area contributed by atoms with Gasteiger partial charge in [-0.2, -0.15) is 0 Å². The predicted molar refractivity (Wildman–Crippen MR) is 120 cm³/mol. The summed E-state index contributed by atoms with van der Waals surface area (Å²) in [7, 11) is -3.73. The Hall–Kier alpha value is -2.23. The van der Waals surface area contributed by atoms with Gasteiger partial charge in [-0.1, -0.05) is 42.8 Å². The zero-order valence-corrected chi connectivity index (χ0v) is 19.3. The van der Waals surface area contributed by atoms with Gasteiger partial charge in [0.15, 0.2) is 5.13 Å². The van der Waals surface area contributed by atoms with E-state index in [9.17, 15) is 13.2 Å². The van der Waals surface area contributed by atoms with Gasteiger partial charge in [0, 0.05) is 27.3 Å². The van der Waals surface area contributed by atoms with Crippen molar-refractivity contribution in [2.75, 3.05) is 10.0 Å². The van der Waals surface area contributed by atoms with Crippen LogP contribution in [0, 0.1) is 0 Å². The molecular formula is C20H20BrN3O3S2. The highest BCUT2D eigenvalue weighted by molar-refractivity contribution is 9.10. The molecule has 1 heterocycles. The average molecular weight is 494 g/mol. The van der Waals surface area contributed by atoms with E-state index in [4.69, 9.17) is 0 Å². The maximum absolute atomic E-state index is 12.6. The molecular weight excluding hydrogens is 474 g/mol. The molecule has 0 unspecified atom stereocenters. The van der Waals surface area contributed by atoms with Crippen LogP contribution in [0.25, 0.3) is 0 Å². The first-order chi connectivity index (χ1) is 13.6. The van der Waals surface area contributed by atoms with Crippen LogP contribution < -0.4 is 10.0 Å². The number of hydrogen-bond acceptors (Lipinski definition) is 5. The van der Waals surface area contributed by atoms with Gasteiger partial charge in [-0.05, 0) is 47.4 Å². The van der Waals surface area contributed by atoms with Crippen molar-refractivity contribution < 1.29 is 13.2 Å². The summed E-state index contributed by atoms with van der Waals surface area (Å²) in [4.78, 5) is 16.6. The van der Waals surface area contributed by atoms with E-state index in [1.807, 2.05) is 6.07 Å². The molecule has 2 aromatic carbocycles. The molecule has 1 amide bonds. The Morgan fingerprint density at radius 2 is 1.79 bits per heavy atom. The molecule has 0 aliphatic carbocycles. The molecule has 0 atom stereocenters. The van der Waals surface area contributed by atoms with Crippen LogP contribution in [-0.2, 0) is 15.4 Å². The molecule has 0 aliphatic heterocycles. The van der Waals surface area contributed by atoms with Crippen LogP contribution in [0.3, 0.4) is 0 Å². The topological polar surface area (TPSA) is 88.2 Å².